The van der Waals surface area contributed by atoms with Crippen molar-refractivity contribution in [2.45, 2.75) is 26.5 Å². The van der Waals surface area contributed by atoms with E-state index in [-0.39, 0.29) is 18.9 Å². The van der Waals surface area contributed by atoms with Crippen LogP contribution in [0.5, 0.6) is 0 Å². The second-order valence-corrected chi connectivity index (χ2v) is 4.42. The second kappa shape index (κ2) is 5.83. The molecule has 0 aliphatic rings. The molecule has 0 saturated carbocycles. The molecule has 6 nitrogen and oxygen atoms in total. The summed E-state index contributed by atoms with van der Waals surface area (Å²) in [6.45, 7) is 1.83. The van der Waals surface area contributed by atoms with Crippen LogP contribution in [0.4, 0.5) is 0 Å². The lowest BCUT2D eigenvalue weighted by molar-refractivity contribution is -0.137. The van der Waals surface area contributed by atoms with Crippen LogP contribution in [0.15, 0.2) is 18.2 Å². The summed E-state index contributed by atoms with van der Waals surface area (Å²) >= 11 is 0. The molecule has 0 aliphatic heterocycles. The number of imidazole rings is 1. The van der Waals surface area contributed by atoms with Gasteiger partial charge in [0.15, 0.2) is 5.78 Å². The summed E-state index contributed by atoms with van der Waals surface area (Å²) in [6.07, 6.45) is 0.423. The van der Waals surface area contributed by atoms with Crippen LogP contribution in [0.1, 0.15) is 29.5 Å². The van der Waals surface area contributed by atoms with E-state index in [1.165, 1.54) is 7.11 Å². The van der Waals surface area contributed by atoms with Gasteiger partial charge in [-0.05, 0) is 18.2 Å². The minimum absolute atomic E-state index is 0.0352. The van der Waals surface area contributed by atoms with Gasteiger partial charge < -0.3 is 14.4 Å². The zero-order chi connectivity index (χ0) is 14.7. The van der Waals surface area contributed by atoms with Crippen LogP contribution < -0.4 is 0 Å². The van der Waals surface area contributed by atoms with E-state index < -0.39 is 5.97 Å². The van der Waals surface area contributed by atoms with Gasteiger partial charge in [-0.2, -0.15) is 0 Å². The van der Waals surface area contributed by atoms with Crippen LogP contribution >= 0.6 is 0 Å². The number of hydrogen-bond donors (Lipinski definition) is 1. The maximum atomic E-state index is 11.7. The molecule has 0 amide bonds. The Hall–Kier alpha value is -2.21. The molecule has 2 rings (SSSR count). The Balaban J connectivity index is 2.54. The zero-order valence-electron chi connectivity index (χ0n) is 11.4. The van der Waals surface area contributed by atoms with Crippen molar-refractivity contribution in [1.82, 2.24) is 9.55 Å². The summed E-state index contributed by atoms with van der Waals surface area (Å²) in [5.41, 5.74) is 1.88. The van der Waals surface area contributed by atoms with Crippen molar-refractivity contribution < 1.29 is 19.4 Å². The van der Waals surface area contributed by atoms with Gasteiger partial charge in [0.2, 0.25) is 0 Å². The predicted octanol–water partition coefficient (Wildman–Crippen LogP) is 1.86. The number of ketones is 1. The van der Waals surface area contributed by atoms with Crippen molar-refractivity contribution in [2.24, 2.45) is 0 Å². The van der Waals surface area contributed by atoms with Crippen molar-refractivity contribution in [3.8, 4) is 0 Å². The lowest BCUT2D eigenvalue weighted by atomic mass is 10.1. The Morgan fingerprint density at radius 2 is 2.15 bits per heavy atom. The number of ether oxygens (including phenoxy) is 1. The third-order valence-corrected chi connectivity index (χ3v) is 3.04. The minimum Gasteiger partial charge on any atom is -0.480 e. The third kappa shape index (κ3) is 2.70. The van der Waals surface area contributed by atoms with Crippen LogP contribution in [-0.2, 0) is 22.7 Å². The molecule has 0 bridgehead atoms. The van der Waals surface area contributed by atoms with Crippen molar-refractivity contribution in [3.05, 3.63) is 29.6 Å². The van der Waals surface area contributed by atoms with Crippen molar-refractivity contribution in [2.75, 3.05) is 7.11 Å². The molecule has 2 aromatic rings. The summed E-state index contributed by atoms with van der Waals surface area (Å²) in [5, 5.41) is 8.97. The van der Waals surface area contributed by atoms with Crippen LogP contribution in [0, 0.1) is 0 Å². The molecule has 1 aromatic heterocycles. The highest BCUT2D eigenvalue weighted by Crippen LogP contribution is 2.19. The number of methoxy groups -OCH3 is 1. The first kappa shape index (κ1) is 14.2. The Morgan fingerprint density at radius 3 is 2.75 bits per heavy atom. The van der Waals surface area contributed by atoms with Gasteiger partial charge in [-0.3, -0.25) is 9.59 Å². The fraction of sp³-hybridized carbons (Fsp3) is 0.357. The monoisotopic (exact) mass is 276 g/mol. The Labute approximate surface area is 116 Å². The van der Waals surface area contributed by atoms with E-state index in [0.717, 1.165) is 0 Å². The van der Waals surface area contributed by atoms with E-state index in [1.807, 2.05) is 0 Å². The summed E-state index contributed by atoms with van der Waals surface area (Å²) in [4.78, 5) is 27.0. The Morgan fingerprint density at radius 1 is 1.40 bits per heavy atom. The van der Waals surface area contributed by atoms with Gasteiger partial charge in [0.1, 0.15) is 19.0 Å². The highest BCUT2D eigenvalue weighted by Gasteiger charge is 2.14. The maximum absolute atomic E-state index is 11.7. The average Bonchev–Trinajstić information content (AvgIpc) is 2.75. The number of hydrogen-bond acceptors (Lipinski definition) is 4. The molecule has 20 heavy (non-hydrogen) atoms. The Kier molecular flexibility index (Phi) is 4.14. The number of carboxylic acid groups (broad SMARTS) is 1. The van der Waals surface area contributed by atoms with Gasteiger partial charge in [0.05, 0.1) is 11.0 Å². The van der Waals surface area contributed by atoms with Crippen molar-refractivity contribution in [1.29, 1.82) is 0 Å². The van der Waals surface area contributed by atoms with E-state index in [1.54, 1.807) is 29.7 Å². The molecular formula is C14H16N2O4. The number of fused-ring (bicyclic) bond motifs is 1. The lowest BCUT2D eigenvalue weighted by Gasteiger charge is -2.05. The highest BCUT2D eigenvalue weighted by atomic mass is 16.5. The molecule has 0 saturated heterocycles. The number of carbonyl (C=O) groups excluding carboxylic acids is 1. The largest absolute Gasteiger partial charge is 0.480 e. The SMILES string of the molecule is CCC(=O)c1ccc2c(c1)nc(COC)n2CC(=O)O. The molecule has 1 aromatic carbocycles. The van der Waals surface area contributed by atoms with E-state index in [0.29, 0.717) is 28.8 Å². The fourth-order valence-corrected chi connectivity index (χ4v) is 2.11. The molecule has 0 radical (unpaired) electrons. The number of carboxylic acids is 1. The average molecular weight is 276 g/mol. The molecule has 1 N–H and O–H groups in total. The van der Waals surface area contributed by atoms with Gasteiger partial charge in [0, 0.05) is 19.1 Å². The van der Waals surface area contributed by atoms with E-state index in [4.69, 9.17) is 9.84 Å². The predicted molar refractivity (Wildman–Crippen MR) is 72.7 cm³/mol. The fourth-order valence-electron chi connectivity index (χ4n) is 2.11. The third-order valence-electron chi connectivity index (χ3n) is 3.04. The first-order valence-electron chi connectivity index (χ1n) is 6.30. The normalized spacial score (nSPS) is 10.9. The van der Waals surface area contributed by atoms with Gasteiger partial charge in [-0.15, -0.1) is 0 Å². The molecule has 0 spiro atoms. The van der Waals surface area contributed by atoms with Crippen LogP contribution in [0.3, 0.4) is 0 Å². The number of benzene rings is 1. The smallest absolute Gasteiger partial charge is 0.323 e. The van der Waals surface area contributed by atoms with E-state index >= 15 is 0 Å². The van der Waals surface area contributed by atoms with Crippen LogP contribution in [0.25, 0.3) is 11.0 Å². The van der Waals surface area contributed by atoms with Crippen LogP contribution in [0.2, 0.25) is 0 Å². The van der Waals surface area contributed by atoms with E-state index in [9.17, 15) is 9.59 Å². The number of aromatic nitrogens is 2. The van der Waals surface area contributed by atoms with Crippen molar-refractivity contribution in [3.63, 3.8) is 0 Å². The molecule has 1 heterocycles. The first-order valence-corrected chi connectivity index (χ1v) is 6.30. The second-order valence-electron chi connectivity index (χ2n) is 4.42. The Bertz CT molecular complexity index is 660. The van der Waals surface area contributed by atoms with E-state index in [2.05, 4.69) is 4.98 Å². The van der Waals surface area contributed by atoms with Gasteiger partial charge in [-0.25, -0.2) is 4.98 Å². The van der Waals surface area contributed by atoms with Gasteiger partial charge in [-0.1, -0.05) is 6.92 Å². The lowest BCUT2D eigenvalue weighted by Crippen LogP contribution is -2.12. The highest BCUT2D eigenvalue weighted by molar-refractivity contribution is 5.98. The topological polar surface area (TPSA) is 81.4 Å². The molecule has 106 valence electrons. The number of rotatable bonds is 6. The molecule has 0 fully saturated rings. The summed E-state index contributed by atoms with van der Waals surface area (Å²) in [5.74, 6) is -0.380. The van der Waals surface area contributed by atoms with Gasteiger partial charge in [0.25, 0.3) is 0 Å². The number of carbonyl (C=O) groups is 2. The number of nitrogens with zero attached hydrogens (tertiary/aromatic N) is 2. The zero-order valence-corrected chi connectivity index (χ0v) is 11.4. The molecule has 0 aliphatic carbocycles. The quantitative estimate of drug-likeness (QED) is 0.814. The molecular weight excluding hydrogens is 260 g/mol. The molecule has 6 heteroatoms. The summed E-state index contributed by atoms with van der Waals surface area (Å²) in [7, 11) is 1.52. The summed E-state index contributed by atoms with van der Waals surface area (Å²) < 4.78 is 6.62. The van der Waals surface area contributed by atoms with Gasteiger partial charge >= 0.3 is 5.97 Å². The maximum Gasteiger partial charge on any atom is 0.323 e. The summed E-state index contributed by atoms with van der Waals surface area (Å²) in [6, 6.07) is 5.12. The number of aliphatic carboxylic acids is 1. The van der Waals surface area contributed by atoms with Crippen LogP contribution in [-0.4, -0.2) is 33.5 Å². The first-order chi connectivity index (χ1) is 9.56. The molecule has 0 atom stereocenters. The molecule has 0 unspecified atom stereocenters. The number of Topliss-reactive ketones (excluding diaryl/α,β-unsaturated/α-hetero) is 1. The minimum atomic E-state index is -0.949. The standard InChI is InChI=1S/C14H16N2O4/c1-3-12(17)9-4-5-11-10(6-9)15-13(8-20-2)16(11)7-14(18)19/h4-6H,3,7-8H2,1-2H3,(H,18,19). The van der Waals surface area contributed by atoms with Crippen molar-refractivity contribution >= 4 is 22.8 Å².